The first-order valence-corrected chi connectivity index (χ1v) is 20.2. The third kappa shape index (κ3) is 4.40. The summed E-state index contributed by atoms with van der Waals surface area (Å²) in [6.45, 7) is 34.4. The monoisotopic (exact) mass is 689 g/mol. The topological polar surface area (TPSA) is 3.24 Å². The molecule has 0 unspecified atom stereocenters. The van der Waals surface area contributed by atoms with Gasteiger partial charge in [-0.25, -0.2) is 0 Å². The molecule has 1 nitrogen and oxygen atoms in total. The Morgan fingerprint density at radius 2 is 1.27 bits per heavy atom. The summed E-state index contributed by atoms with van der Waals surface area (Å²) in [4.78, 5) is 2.74. The molecule has 2 aliphatic carbocycles. The number of nitrogens with zero attached hydrogens (tertiary/aromatic N) is 1. The van der Waals surface area contributed by atoms with Crippen molar-refractivity contribution in [3.63, 3.8) is 0 Å². The predicted molar refractivity (Wildman–Crippen MR) is 225 cm³/mol. The highest BCUT2D eigenvalue weighted by atomic mass is 32.1. The van der Waals surface area contributed by atoms with Crippen molar-refractivity contribution in [3.05, 3.63) is 105 Å². The molecule has 0 radical (unpaired) electrons. The van der Waals surface area contributed by atoms with Gasteiger partial charge in [0.15, 0.2) is 0 Å². The molecule has 0 saturated carbocycles. The van der Waals surface area contributed by atoms with E-state index in [1.54, 1.807) is 15.9 Å². The Morgan fingerprint density at radius 1 is 0.627 bits per heavy atom. The van der Waals surface area contributed by atoms with E-state index < -0.39 is 0 Å². The van der Waals surface area contributed by atoms with E-state index in [1.165, 1.54) is 77.9 Å². The molecule has 0 atom stereocenters. The number of hydrogen-bond acceptors (Lipinski definition) is 2. The highest BCUT2D eigenvalue weighted by molar-refractivity contribution is 7.32. The fourth-order valence-electron chi connectivity index (χ4n) is 11.9. The van der Waals surface area contributed by atoms with Crippen LogP contribution in [0.4, 0.5) is 17.1 Å². The normalized spacial score (nSPS) is 20.9. The van der Waals surface area contributed by atoms with Crippen LogP contribution in [0.1, 0.15) is 147 Å². The molecule has 262 valence electrons. The van der Waals surface area contributed by atoms with Gasteiger partial charge in [-0.2, -0.15) is 0 Å². The van der Waals surface area contributed by atoms with Gasteiger partial charge in [-0.15, -0.1) is 11.3 Å². The van der Waals surface area contributed by atoms with Crippen LogP contribution < -0.4 is 20.6 Å². The van der Waals surface area contributed by atoms with Crippen molar-refractivity contribution >= 4 is 60.9 Å². The summed E-state index contributed by atoms with van der Waals surface area (Å²) in [5.74, 6) is 0. The molecule has 0 bridgehead atoms. The number of benzene rings is 4. The Hall–Kier alpha value is -3.30. The third-order valence-electron chi connectivity index (χ3n) is 13.6. The van der Waals surface area contributed by atoms with E-state index in [0.29, 0.717) is 0 Å². The molecule has 4 aliphatic rings. The minimum atomic E-state index is -0.141. The van der Waals surface area contributed by atoms with Crippen LogP contribution in [0.3, 0.4) is 0 Å². The second-order valence-corrected chi connectivity index (χ2v) is 22.1. The van der Waals surface area contributed by atoms with Crippen LogP contribution >= 0.6 is 11.3 Å². The van der Waals surface area contributed by atoms with E-state index in [2.05, 4.69) is 174 Å². The largest absolute Gasteiger partial charge is 0.311 e. The van der Waals surface area contributed by atoms with Gasteiger partial charge in [-0.3, -0.25) is 0 Å². The maximum Gasteiger partial charge on any atom is 0.259 e. The number of rotatable bonds is 1. The maximum absolute atomic E-state index is 2.74. The van der Waals surface area contributed by atoms with E-state index in [1.807, 2.05) is 0 Å². The van der Waals surface area contributed by atoms with Crippen LogP contribution in [0.15, 0.2) is 60.7 Å². The number of hydrogen-bond donors (Lipinski definition) is 0. The second-order valence-electron chi connectivity index (χ2n) is 21.0. The van der Waals surface area contributed by atoms with E-state index >= 15 is 0 Å². The summed E-state index contributed by atoms with van der Waals surface area (Å²) in [5, 5.41) is 1.46. The van der Waals surface area contributed by atoms with Crippen LogP contribution in [0.25, 0.3) is 10.1 Å². The molecule has 2 aliphatic heterocycles. The van der Waals surface area contributed by atoms with Gasteiger partial charge < -0.3 is 4.90 Å². The standard InChI is InChI=1S/C48H56BNS/c1-27-20-33-41-37(21-27)50(35-17-15-16-30-40(35)47(11,12)26-44(30,5)6)36-24-32-31(45(7,8)25-46(32,9)10)23-34(36)49(41)42-39(48(33,13)14)29-22-28(43(2,3)4)18-19-38(29)51-42/h15-24H,25-26H2,1-14H3. The van der Waals surface area contributed by atoms with Crippen molar-refractivity contribution in [3.8, 4) is 0 Å². The van der Waals surface area contributed by atoms with Gasteiger partial charge in [0.25, 0.3) is 6.71 Å². The molecule has 0 saturated heterocycles. The lowest BCUT2D eigenvalue weighted by atomic mass is 9.32. The smallest absolute Gasteiger partial charge is 0.259 e. The number of thiophene rings is 1. The molecular weight excluding hydrogens is 633 g/mol. The molecule has 0 amide bonds. The zero-order valence-electron chi connectivity index (χ0n) is 33.6. The minimum absolute atomic E-state index is 0.0665. The average molecular weight is 690 g/mol. The first kappa shape index (κ1) is 33.5. The van der Waals surface area contributed by atoms with Gasteiger partial charge in [0.1, 0.15) is 0 Å². The summed E-state index contributed by atoms with van der Waals surface area (Å²) >= 11 is 2.06. The van der Waals surface area contributed by atoms with Gasteiger partial charge in [0.05, 0.1) is 5.69 Å². The minimum Gasteiger partial charge on any atom is -0.311 e. The second kappa shape index (κ2) is 9.81. The SMILES string of the molecule is Cc1cc2c3c(c1)C(C)(C)c1c(sc4ccc(C(C)(C)C)cc14)B3c1cc3c(cc1N2c1cccc2c1C(C)(C)CC2(C)C)C(C)(C)CC3(C)C. The fraction of sp³-hybridized carbons (Fsp3) is 0.458. The molecule has 4 aromatic carbocycles. The summed E-state index contributed by atoms with van der Waals surface area (Å²) < 4.78 is 2.97. The Kier molecular flexibility index (Phi) is 6.45. The van der Waals surface area contributed by atoms with Crippen molar-refractivity contribution in [1.29, 1.82) is 0 Å². The Labute approximate surface area is 312 Å². The van der Waals surface area contributed by atoms with Crippen LogP contribution in [-0.2, 0) is 32.5 Å². The molecule has 51 heavy (non-hydrogen) atoms. The van der Waals surface area contributed by atoms with E-state index in [0.717, 1.165) is 6.42 Å². The maximum atomic E-state index is 2.74. The summed E-state index contributed by atoms with van der Waals surface area (Å²) in [5.41, 5.74) is 19.5. The summed E-state index contributed by atoms with van der Waals surface area (Å²) in [6.07, 6.45) is 2.32. The zero-order chi connectivity index (χ0) is 36.6. The van der Waals surface area contributed by atoms with Crippen LogP contribution in [0, 0.1) is 6.92 Å². The lowest BCUT2D eigenvalue weighted by molar-refractivity contribution is 0.402. The molecule has 3 heteroatoms. The van der Waals surface area contributed by atoms with Crippen LogP contribution in [-0.4, -0.2) is 6.71 Å². The Bertz CT molecular complexity index is 2350. The molecule has 9 rings (SSSR count). The quantitative estimate of drug-likeness (QED) is 0.155. The van der Waals surface area contributed by atoms with Crippen molar-refractivity contribution < 1.29 is 0 Å². The molecule has 5 aromatic rings. The fourth-order valence-corrected chi connectivity index (χ4v) is 13.4. The lowest BCUT2D eigenvalue weighted by Crippen LogP contribution is -2.63. The highest BCUT2D eigenvalue weighted by Gasteiger charge is 2.52. The van der Waals surface area contributed by atoms with Crippen molar-refractivity contribution in [2.45, 2.75) is 142 Å². The first-order valence-electron chi connectivity index (χ1n) is 19.4. The van der Waals surface area contributed by atoms with Crippen molar-refractivity contribution in [2.24, 2.45) is 0 Å². The van der Waals surface area contributed by atoms with Gasteiger partial charge >= 0.3 is 0 Å². The Morgan fingerprint density at radius 3 is 1.96 bits per heavy atom. The van der Waals surface area contributed by atoms with Gasteiger partial charge in [-0.1, -0.05) is 120 Å². The predicted octanol–water partition coefficient (Wildman–Crippen LogP) is 11.4. The molecule has 0 N–H and O–H groups in total. The van der Waals surface area contributed by atoms with E-state index in [4.69, 9.17) is 0 Å². The molecule has 3 heterocycles. The number of fused-ring (bicyclic) bond motifs is 8. The molecule has 0 fully saturated rings. The summed E-state index contributed by atoms with van der Waals surface area (Å²) in [7, 11) is 0. The van der Waals surface area contributed by atoms with E-state index in [-0.39, 0.29) is 39.2 Å². The highest BCUT2D eigenvalue weighted by Crippen LogP contribution is 2.57. The lowest BCUT2D eigenvalue weighted by Gasteiger charge is -2.46. The first-order chi connectivity index (χ1) is 23.5. The zero-order valence-corrected chi connectivity index (χ0v) is 34.4. The Balaban J connectivity index is 1.43. The number of aryl methyl sites for hydroxylation is 1. The van der Waals surface area contributed by atoms with Crippen molar-refractivity contribution in [2.75, 3.05) is 4.90 Å². The number of anilines is 3. The van der Waals surface area contributed by atoms with Gasteiger partial charge in [-0.05, 0) is 143 Å². The molecule has 0 spiro atoms. The van der Waals surface area contributed by atoms with E-state index in [9.17, 15) is 0 Å². The van der Waals surface area contributed by atoms with Crippen molar-refractivity contribution in [1.82, 2.24) is 0 Å². The van der Waals surface area contributed by atoms with Crippen LogP contribution in [0.5, 0.6) is 0 Å². The van der Waals surface area contributed by atoms with Gasteiger partial charge in [0, 0.05) is 21.5 Å². The molecular formula is C48H56BNS. The average Bonchev–Trinajstić information content (AvgIpc) is 3.55. The third-order valence-corrected chi connectivity index (χ3v) is 14.8. The molecule has 1 aromatic heterocycles. The van der Waals surface area contributed by atoms with Gasteiger partial charge in [0.2, 0.25) is 0 Å². The summed E-state index contributed by atoms with van der Waals surface area (Å²) in [6, 6.07) is 24.9. The van der Waals surface area contributed by atoms with Crippen LogP contribution in [0.2, 0.25) is 0 Å².